The number of carbonyl (C=O) groups excluding carboxylic acids is 2. The van der Waals surface area contributed by atoms with E-state index in [4.69, 9.17) is 0 Å². The SMILES string of the molecule is Cc1c(CC(=O)NC2CCC(NC(=O)n3c(-c4ccnn4-c4ccc(C#N)cc4)c(C)n(-c4cccc(C(F)(F)F)c4)c3=O)CC2)cc(S(=O)(=O)O)c(C)c1C. The van der Waals surface area contributed by atoms with Crippen molar-refractivity contribution in [3.8, 4) is 28.8 Å². The monoisotopic (exact) mass is 789 g/mol. The normalized spacial score (nSPS) is 16.0. The van der Waals surface area contributed by atoms with Gasteiger partial charge in [-0.15, -0.1) is 0 Å². The zero-order chi connectivity index (χ0) is 40.7. The Hall–Kier alpha value is -5.99. The van der Waals surface area contributed by atoms with Gasteiger partial charge in [0.2, 0.25) is 5.91 Å². The molecule has 0 unspecified atom stereocenters. The summed E-state index contributed by atoms with van der Waals surface area (Å²) in [5.41, 5.74) is 1.74. The predicted octanol–water partition coefficient (Wildman–Crippen LogP) is 6.09. The van der Waals surface area contributed by atoms with E-state index < -0.39 is 39.6 Å². The Kier molecular flexibility index (Phi) is 10.8. The number of halogens is 3. The van der Waals surface area contributed by atoms with Gasteiger partial charge in [-0.25, -0.2) is 18.8 Å². The van der Waals surface area contributed by atoms with E-state index in [1.54, 1.807) is 51.1 Å². The lowest BCUT2D eigenvalue weighted by Crippen LogP contribution is -2.47. The fourth-order valence-electron chi connectivity index (χ4n) is 7.19. The van der Waals surface area contributed by atoms with Crippen molar-refractivity contribution < 1.29 is 35.7 Å². The van der Waals surface area contributed by atoms with Crippen LogP contribution in [0.15, 0.2) is 76.6 Å². The Morgan fingerprint density at radius 2 is 1.55 bits per heavy atom. The first-order valence-corrected chi connectivity index (χ1v) is 19.1. The number of rotatable bonds is 8. The average molecular weight is 790 g/mol. The number of amides is 2. The summed E-state index contributed by atoms with van der Waals surface area (Å²) in [6.07, 6.45) is -1.56. The van der Waals surface area contributed by atoms with Crippen molar-refractivity contribution in [2.24, 2.45) is 0 Å². The number of nitrogens with zero attached hydrogens (tertiary/aromatic N) is 5. The summed E-state index contributed by atoms with van der Waals surface area (Å²) < 4.78 is 78.2. The van der Waals surface area contributed by atoms with Crippen molar-refractivity contribution >= 4 is 22.1 Å². The number of hydrogen-bond acceptors (Lipinski definition) is 7. The van der Waals surface area contributed by atoms with E-state index in [0.717, 1.165) is 26.8 Å². The number of alkyl halides is 3. The average Bonchev–Trinajstić information content (AvgIpc) is 3.73. The number of carbonyl (C=O) groups is 2. The summed E-state index contributed by atoms with van der Waals surface area (Å²) in [6, 6.07) is 14.1. The number of hydrogen-bond donors (Lipinski definition) is 3. The molecule has 1 aliphatic carbocycles. The number of benzene rings is 3. The van der Waals surface area contributed by atoms with E-state index in [1.165, 1.54) is 36.0 Å². The lowest BCUT2D eigenvalue weighted by molar-refractivity contribution is -0.137. The molecule has 292 valence electrons. The van der Waals surface area contributed by atoms with Crippen LogP contribution in [0, 0.1) is 39.0 Å². The van der Waals surface area contributed by atoms with Crippen LogP contribution in [-0.2, 0) is 27.5 Å². The lowest BCUT2D eigenvalue weighted by Gasteiger charge is -2.30. The summed E-state index contributed by atoms with van der Waals surface area (Å²) in [6.45, 7) is 6.61. The van der Waals surface area contributed by atoms with Gasteiger partial charge in [-0.1, -0.05) is 6.07 Å². The van der Waals surface area contributed by atoms with Crippen LogP contribution >= 0.6 is 0 Å². The van der Waals surface area contributed by atoms with Crippen LogP contribution in [0.2, 0.25) is 0 Å². The second kappa shape index (κ2) is 15.3. The Labute approximate surface area is 320 Å². The van der Waals surface area contributed by atoms with Gasteiger partial charge in [0.25, 0.3) is 10.1 Å². The van der Waals surface area contributed by atoms with Crippen LogP contribution in [0.3, 0.4) is 0 Å². The molecule has 2 amide bonds. The van der Waals surface area contributed by atoms with Crippen molar-refractivity contribution in [1.29, 1.82) is 5.26 Å². The van der Waals surface area contributed by atoms with Gasteiger partial charge in [0.15, 0.2) is 0 Å². The smallest absolute Gasteiger partial charge is 0.353 e. The molecule has 17 heteroatoms. The van der Waals surface area contributed by atoms with Gasteiger partial charge >= 0.3 is 17.9 Å². The molecule has 0 bridgehead atoms. The molecule has 2 heterocycles. The summed E-state index contributed by atoms with van der Waals surface area (Å²) in [4.78, 5) is 41.1. The van der Waals surface area contributed by atoms with Crippen molar-refractivity contribution in [3.63, 3.8) is 0 Å². The summed E-state index contributed by atoms with van der Waals surface area (Å²) >= 11 is 0. The van der Waals surface area contributed by atoms with E-state index >= 15 is 0 Å². The molecule has 56 heavy (non-hydrogen) atoms. The highest BCUT2D eigenvalue weighted by Crippen LogP contribution is 2.32. The molecular formula is C39H38F3N7O6S. The quantitative estimate of drug-likeness (QED) is 0.158. The number of imidazole rings is 1. The molecule has 0 saturated heterocycles. The molecule has 0 spiro atoms. The molecule has 1 saturated carbocycles. The van der Waals surface area contributed by atoms with Gasteiger partial charge < -0.3 is 10.6 Å². The van der Waals surface area contributed by atoms with E-state index in [-0.39, 0.29) is 40.3 Å². The molecule has 1 aliphatic rings. The third-order valence-electron chi connectivity index (χ3n) is 10.4. The van der Waals surface area contributed by atoms with Crippen LogP contribution < -0.4 is 16.3 Å². The van der Waals surface area contributed by atoms with Gasteiger partial charge in [0.05, 0.1) is 57.5 Å². The van der Waals surface area contributed by atoms with E-state index in [9.17, 15) is 45.8 Å². The van der Waals surface area contributed by atoms with Crippen LogP contribution in [0.5, 0.6) is 0 Å². The number of nitriles is 1. The topological polar surface area (TPSA) is 181 Å². The third-order valence-corrected chi connectivity index (χ3v) is 11.4. The second-order valence-corrected chi connectivity index (χ2v) is 15.2. The maximum Gasteiger partial charge on any atom is 0.416 e. The molecule has 1 fully saturated rings. The van der Waals surface area contributed by atoms with E-state index in [2.05, 4.69) is 15.7 Å². The maximum atomic E-state index is 14.2. The minimum Gasteiger partial charge on any atom is -0.353 e. The second-order valence-electron chi connectivity index (χ2n) is 13.8. The van der Waals surface area contributed by atoms with Crippen LogP contribution in [-0.4, -0.2) is 55.9 Å². The lowest BCUT2D eigenvalue weighted by atomic mass is 9.91. The fourth-order valence-corrected chi connectivity index (χ4v) is 8.02. The van der Waals surface area contributed by atoms with Gasteiger partial charge in [0, 0.05) is 12.1 Å². The largest absolute Gasteiger partial charge is 0.416 e. The molecule has 0 atom stereocenters. The molecule has 0 aliphatic heterocycles. The van der Waals surface area contributed by atoms with Gasteiger partial charge in [0.1, 0.15) is 5.69 Å². The van der Waals surface area contributed by atoms with Gasteiger partial charge in [-0.05, 0) is 130 Å². The molecule has 6 rings (SSSR count). The molecule has 0 radical (unpaired) electrons. The van der Waals surface area contributed by atoms with Crippen LogP contribution in [0.1, 0.15) is 64.8 Å². The van der Waals surface area contributed by atoms with E-state index in [0.29, 0.717) is 59.3 Å². The summed E-state index contributed by atoms with van der Waals surface area (Å²) in [5.74, 6) is -0.341. The van der Waals surface area contributed by atoms with Crippen LogP contribution in [0.4, 0.5) is 18.0 Å². The predicted molar refractivity (Wildman–Crippen MR) is 199 cm³/mol. The first-order valence-electron chi connectivity index (χ1n) is 17.6. The Morgan fingerprint density at radius 1 is 0.911 bits per heavy atom. The van der Waals surface area contributed by atoms with Crippen molar-refractivity contribution in [2.45, 2.75) is 83.0 Å². The molecular weight excluding hydrogens is 752 g/mol. The van der Waals surface area contributed by atoms with Crippen LogP contribution in [0.25, 0.3) is 22.8 Å². The van der Waals surface area contributed by atoms with E-state index in [1.807, 2.05) is 6.07 Å². The maximum absolute atomic E-state index is 14.2. The molecule has 13 nitrogen and oxygen atoms in total. The molecule has 3 aromatic carbocycles. The Balaban J connectivity index is 1.25. The highest BCUT2D eigenvalue weighted by molar-refractivity contribution is 7.85. The zero-order valence-electron chi connectivity index (χ0n) is 30.8. The first-order chi connectivity index (χ1) is 26.4. The zero-order valence-corrected chi connectivity index (χ0v) is 31.6. The Bertz CT molecular complexity index is 2560. The summed E-state index contributed by atoms with van der Waals surface area (Å²) in [7, 11) is -4.50. The minimum atomic E-state index is -4.69. The molecule has 2 aromatic heterocycles. The van der Waals surface area contributed by atoms with Crippen molar-refractivity contribution in [2.75, 3.05) is 0 Å². The first kappa shape index (κ1) is 39.7. The standard InChI is InChI=1S/C39H38F3N7O6S/c1-22-23(2)27(18-34(24(22)3)56(53,54)55)19-35(50)45-29-10-12-30(13-11-29)46-37(51)48-36(33-16-17-44-49(33)31-14-8-26(21-43)9-15-31)25(4)47(38(48)52)32-7-5-6-28(20-32)39(40,41)42/h5-9,14-18,20,29-30H,10-13,19H2,1-4H3,(H,45,50)(H,46,51)(H,53,54,55). The summed E-state index contributed by atoms with van der Waals surface area (Å²) in [5, 5.41) is 19.5. The van der Waals surface area contributed by atoms with Crippen molar-refractivity contribution in [3.05, 3.63) is 116 Å². The van der Waals surface area contributed by atoms with Gasteiger partial charge in [-0.3, -0.25) is 13.9 Å². The minimum absolute atomic E-state index is 0.0894. The fraction of sp³-hybridized carbons (Fsp3) is 0.308. The third kappa shape index (κ3) is 7.88. The highest BCUT2D eigenvalue weighted by atomic mass is 32.2. The Morgan fingerprint density at radius 3 is 2.16 bits per heavy atom. The van der Waals surface area contributed by atoms with Gasteiger partial charge in [-0.2, -0.15) is 31.9 Å². The van der Waals surface area contributed by atoms with Crippen molar-refractivity contribution in [1.82, 2.24) is 29.5 Å². The molecule has 3 N–H and O–H groups in total. The number of aromatic nitrogens is 4. The molecule has 5 aromatic rings. The number of nitrogens with one attached hydrogen (secondary N) is 2. The highest BCUT2D eigenvalue weighted by Gasteiger charge is 2.33.